The van der Waals surface area contributed by atoms with Gasteiger partial charge in [-0.25, -0.2) is 0 Å². The smallest absolute Gasteiger partial charge is 0.0761 e. The van der Waals surface area contributed by atoms with Gasteiger partial charge in [-0.2, -0.15) is 0 Å². The van der Waals surface area contributed by atoms with Crippen LogP contribution in [0, 0.1) is 0 Å². The van der Waals surface area contributed by atoms with Gasteiger partial charge >= 0.3 is 0 Å². The minimum Gasteiger partial charge on any atom is -0.308 e. The van der Waals surface area contributed by atoms with Crippen LogP contribution in [0.3, 0.4) is 0 Å². The molecule has 1 aromatic carbocycles. The molecule has 3 heteroatoms. The fourth-order valence-electron chi connectivity index (χ4n) is 1.29. The Labute approximate surface area is 95.6 Å². The predicted molar refractivity (Wildman–Crippen MR) is 63.2 cm³/mol. The maximum Gasteiger partial charge on any atom is 0.0761 e. The number of halogens is 2. The third kappa shape index (κ3) is 3.49. The lowest BCUT2D eigenvalue weighted by Gasteiger charge is -2.19. The van der Waals surface area contributed by atoms with Gasteiger partial charge in [0.1, 0.15) is 0 Å². The van der Waals surface area contributed by atoms with E-state index in [1.807, 2.05) is 49.3 Å². The van der Waals surface area contributed by atoms with Gasteiger partial charge in [0, 0.05) is 6.54 Å². The van der Waals surface area contributed by atoms with Crippen LogP contribution in [0.2, 0.25) is 0 Å². The van der Waals surface area contributed by atoms with E-state index >= 15 is 0 Å². The van der Waals surface area contributed by atoms with E-state index in [9.17, 15) is 0 Å². The number of hydrogen-bond acceptors (Lipinski definition) is 1. The van der Waals surface area contributed by atoms with Crippen LogP contribution in [0.5, 0.6) is 0 Å². The molecule has 0 fully saturated rings. The molecule has 0 spiro atoms. The van der Waals surface area contributed by atoms with Crippen molar-refractivity contribution < 1.29 is 0 Å². The average molecular weight is 232 g/mol. The third-order valence-electron chi connectivity index (χ3n) is 1.98. The van der Waals surface area contributed by atoms with E-state index in [0.29, 0.717) is 0 Å². The highest BCUT2D eigenvalue weighted by Gasteiger charge is 2.18. The van der Waals surface area contributed by atoms with Crippen molar-refractivity contribution in [1.29, 1.82) is 0 Å². The van der Waals surface area contributed by atoms with Crippen LogP contribution in [0.25, 0.3) is 0 Å². The Bertz CT molecular complexity index is 261. The summed E-state index contributed by atoms with van der Waals surface area (Å²) >= 11 is 12.4. The molecule has 0 amide bonds. The van der Waals surface area contributed by atoms with Crippen molar-refractivity contribution in [2.24, 2.45) is 0 Å². The van der Waals surface area contributed by atoms with E-state index in [1.165, 1.54) is 0 Å². The molecular formula is C11H15Cl2N. The summed E-state index contributed by atoms with van der Waals surface area (Å²) in [4.78, 5) is 2.04. The van der Waals surface area contributed by atoms with Crippen LogP contribution in [-0.2, 0) is 0 Å². The first kappa shape index (κ1) is 11.8. The molecule has 0 saturated heterocycles. The molecule has 0 heterocycles. The zero-order valence-corrected chi connectivity index (χ0v) is 9.96. The number of rotatable bonds is 4. The van der Waals surface area contributed by atoms with Crippen LogP contribution >= 0.6 is 23.2 Å². The minimum atomic E-state index is -0.125. The van der Waals surface area contributed by atoms with E-state index < -0.39 is 0 Å². The van der Waals surface area contributed by atoms with E-state index in [1.54, 1.807) is 0 Å². The van der Waals surface area contributed by atoms with Gasteiger partial charge in [0.25, 0.3) is 0 Å². The summed E-state index contributed by atoms with van der Waals surface area (Å²) in [5.41, 5.74) is 1.08. The van der Waals surface area contributed by atoms with Gasteiger partial charge in [-0.1, -0.05) is 30.3 Å². The number of benzene rings is 1. The second-order valence-corrected chi connectivity index (χ2v) is 4.62. The van der Waals surface area contributed by atoms with E-state index in [0.717, 1.165) is 12.1 Å². The maximum atomic E-state index is 6.24. The van der Waals surface area contributed by atoms with Crippen molar-refractivity contribution in [3.8, 4) is 0 Å². The molecule has 0 aliphatic carbocycles. The van der Waals surface area contributed by atoms with Gasteiger partial charge in [0.15, 0.2) is 0 Å². The number of alkyl halides is 2. The van der Waals surface area contributed by atoms with Crippen molar-refractivity contribution in [3.05, 3.63) is 35.9 Å². The van der Waals surface area contributed by atoms with Gasteiger partial charge in [0.05, 0.1) is 10.8 Å². The molecular weight excluding hydrogens is 217 g/mol. The molecule has 14 heavy (non-hydrogen) atoms. The highest BCUT2D eigenvalue weighted by Crippen LogP contribution is 2.27. The highest BCUT2D eigenvalue weighted by atomic mass is 35.5. The van der Waals surface area contributed by atoms with Gasteiger partial charge in [-0.05, 0) is 19.7 Å². The molecule has 1 nitrogen and oxygen atoms in total. The summed E-state index contributed by atoms with van der Waals surface area (Å²) in [7, 11) is 3.98. The Kier molecular flexibility index (Phi) is 4.73. The second-order valence-electron chi connectivity index (χ2n) is 3.59. The topological polar surface area (TPSA) is 3.24 Å². The van der Waals surface area contributed by atoms with Crippen molar-refractivity contribution in [1.82, 2.24) is 4.90 Å². The Morgan fingerprint density at radius 3 is 2.21 bits per heavy atom. The predicted octanol–water partition coefficient (Wildman–Crippen LogP) is 3.14. The van der Waals surface area contributed by atoms with Crippen LogP contribution in [-0.4, -0.2) is 30.9 Å². The van der Waals surface area contributed by atoms with Crippen molar-refractivity contribution in [2.45, 2.75) is 10.8 Å². The summed E-state index contributed by atoms with van der Waals surface area (Å²) in [6.45, 7) is 0.782. The molecule has 0 radical (unpaired) electrons. The quantitative estimate of drug-likeness (QED) is 0.721. The summed E-state index contributed by atoms with van der Waals surface area (Å²) in [5.74, 6) is 0. The Balaban J connectivity index is 2.61. The van der Waals surface area contributed by atoms with Crippen LogP contribution in [0.15, 0.2) is 30.3 Å². The molecule has 0 bridgehead atoms. The second kappa shape index (κ2) is 5.59. The van der Waals surface area contributed by atoms with Gasteiger partial charge in [0.2, 0.25) is 0 Å². The largest absolute Gasteiger partial charge is 0.308 e. The summed E-state index contributed by atoms with van der Waals surface area (Å²) in [6, 6.07) is 9.93. The Hall–Kier alpha value is -0.240. The maximum absolute atomic E-state index is 6.24. The van der Waals surface area contributed by atoms with Gasteiger partial charge < -0.3 is 4.90 Å². The molecule has 0 saturated carbocycles. The van der Waals surface area contributed by atoms with E-state index in [-0.39, 0.29) is 10.8 Å². The first-order valence-electron chi connectivity index (χ1n) is 4.59. The monoisotopic (exact) mass is 231 g/mol. The van der Waals surface area contributed by atoms with E-state index in [4.69, 9.17) is 23.2 Å². The lowest BCUT2D eigenvalue weighted by Crippen LogP contribution is -2.25. The molecule has 1 aromatic rings. The van der Waals surface area contributed by atoms with Crippen LogP contribution < -0.4 is 0 Å². The average Bonchev–Trinajstić information content (AvgIpc) is 2.17. The molecule has 78 valence electrons. The third-order valence-corrected chi connectivity index (χ3v) is 3.05. The molecule has 1 rings (SSSR count). The summed E-state index contributed by atoms with van der Waals surface area (Å²) in [5, 5.41) is -0.186. The standard InChI is InChI=1S/C11H15Cl2N/c1-14(2)8-10(12)11(13)9-6-4-3-5-7-9/h3-7,10-11H,8H2,1-2H3/t10-,11-/m1/s1. The van der Waals surface area contributed by atoms with Crippen molar-refractivity contribution in [3.63, 3.8) is 0 Å². The molecule has 0 aromatic heterocycles. The molecule has 0 aliphatic rings. The molecule has 0 unspecified atom stereocenters. The lowest BCUT2D eigenvalue weighted by atomic mass is 10.1. The minimum absolute atomic E-state index is 0.0610. The number of nitrogens with zero attached hydrogens (tertiary/aromatic N) is 1. The van der Waals surface area contributed by atoms with Crippen molar-refractivity contribution >= 4 is 23.2 Å². The number of hydrogen-bond donors (Lipinski definition) is 0. The summed E-state index contributed by atoms with van der Waals surface area (Å²) in [6.07, 6.45) is 0. The SMILES string of the molecule is CN(C)C[C@@H](Cl)[C@H](Cl)c1ccccc1. The van der Waals surface area contributed by atoms with Gasteiger partial charge in [-0.15, -0.1) is 23.2 Å². The normalized spacial score (nSPS) is 15.5. The lowest BCUT2D eigenvalue weighted by molar-refractivity contribution is 0.401. The highest BCUT2D eigenvalue weighted by molar-refractivity contribution is 6.30. The van der Waals surface area contributed by atoms with Crippen molar-refractivity contribution in [2.75, 3.05) is 20.6 Å². The Morgan fingerprint density at radius 2 is 1.71 bits per heavy atom. The molecule has 2 atom stereocenters. The molecule has 0 N–H and O–H groups in total. The van der Waals surface area contributed by atoms with E-state index in [2.05, 4.69) is 0 Å². The Morgan fingerprint density at radius 1 is 1.14 bits per heavy atom. The van der Waals surface area contributed by atoms with Crippen LogP contribution in [0.4, 0.5) is 0 Å². The first-order chi connectivity index (χ1) is 6.61. The van der Waals surface area contributed by atoms with Gasteiger partial charge in [-0.3, -0.25) is 0 Å². The zero-order chi connectivity index (χ0) is 10.6. The summed E-state index contributed by atoms with van der Waals surface area (Å²) < 4.78 is 0. The molecule has 0 aliphatic heterocycles. The zero-order valence-electron chi connectivity index (χ0n) is 8.45. The first-order valence-corrected chi connectivity index (χ1v) is 5.46. The van der Waals surface area contributed by atoms with Crippen LogP contribution in [0.1, 0.15) is 10.9 Å². The fraction of sp³-hybridized carbons (Fsp3) is 0.455. The fourth-order valence-corrected chi connectivity index (χ4v) is 1.93.